The van der Waals surface area contributed by atoms with Gasteiger partial charge in [0.1, 0.15) is 17.3 Å². The molecule has 7 heteroatoms. The van der Waals surface area contributed by atoms with E-state index in [-0.39, 0.29) is 42.3 Å². The van der Waals surface area contributed by atoms with E-state index in [1.54, 1.807) is 6.07 Å². The Bertz CT molecular complexity index is 506. The van der Waals surface area contributed by atoms with Crippen molar-refractivity contribution in [2.75, 3.05) is 31.9 Å². The Balaban J connectivity index is 0.00000132. The van der Waals surface area contributed by atoms with Crippen LogP contribution in [0.15, 0.2) is 12.1 Å². The first-order chi connectivity index (χ1) is 10.2. The van der Waals surface area contributed by atoms with Crippen molar-refractivity contribution in [3.05, 3.63) is 23.5 Å². The highest BCUT2D eigenvalue weighted by atomic mass is 35.5. The lowest BCUT2D eigenvalue weighted by Crippen LogP contribution is -2.46. The predicted molar refractivity (Wildman–Crippen MR) is 96.1 cm³/mol. The number of anilines is 1. The predicted octanol–water partition coefficient (Wildman–Crippen LogP) is 3.09. The SMILES string of the molecule is Cl.Cl.Nc1c(F)ccc([C@@H](C2CCCC2)N2CCNCC2)c1O. The van der Waals surface area contributed by atoms with Crippen LogP contribution >= 0.6 is 24.8 Å². The molecule has 0 amide bonds. The number of aromatic hydroxyl groups is 1. The first-order valence-electron chi connectivity index (χ1n) is 7.90. The van der Waals surface area contributed by atoms with Crippen LogP contribution in [-0.2, 0) is 0 Å². The summed E-state index contributed by atoms with van der Waals surface area (Å²) in [6, 6.07) is 3.25. The summed E-state index contributed by atoms with van der Waals surface area (Å²) in [5, 5.41) is 13.7. The average molecular weight is 366 g/mol. The Morgan fingerprint density at radius 2 is 1.78 bits per heavy atom. The molecule has 132 valence electrons. The molecular weight excluding hydrogens is 340 g/mol. The van der Waals surface area contributed by atoms with E-state index >= 15 is 0 Å². The molecule has 4 N–H and O–H groups in total. The smallest absolute Gasteiger partial charge is 0.149 e. The van der Waals surface area contributed by atoms with Gasteiger partial charge in [-0.2, -0.15) is 0 Å². The van der Waals surface area contributed by atoms with Gasteiger partial charge in [0.05, 0.1) is 0 Å². The van der Waals surface area contributed by atoms with Crippen molar-refractivity contribution in [2.24, 2.45) is 5.92 Å². The van der Waals surface area contributed by atoms with E-state index in [2.05, 4.69) is 10.2 Å². The van der Waals surface area contributed by atoms with Crippen molar-refractivity contribution in [1.29, 1.82) is 0 Å². The molecule has 4 nitrogen and oxygen atoms in total. The summed E-state index contributed by atoms with van der Waals surface area (Å²) in [5.41, 5.74) is 6.37. The highest BCUT2D eigenvalue weighted by Gasteiger charge is 2.34. The van der Waals surface area contributed by atoms with Crippen LogP contribution in [-0.4, -0.2) is 36.2 Å². The molecule has 0 radical (unpaired) electrons. The molecule has 1 aliphatic heterocycles. The first kappa shape index (κ1) is 20.3. The molecule has 0 unspecified atom stereocenters. The van der Waals surface area contributed by atoms with Gasteiger partial charge in [0.2, 0.25) is 0 Å². The third-order valence-corrected chi connectivity index (χ3v) is 4.91. The quantitative estimate of drug-likeness (QED) is 0.568. The molecule has 1 atom stereocenters. The zero-order valence-corrected chi connectivity index (χ0v) is 14.8. The number of phenolic OH excluding ortho intramolecular Hbond substituents is 1. The second kappa shape index (κ2) is 8.92. The average Bonchev–Trinajstić information content (AvgIpc) is 3.03. The van der Waals surface area contributed by atoms with Crippen molar-refractivity contribution in [3.8, 4) is 5.75 Å². The third kappa shape index (κ3) is 4.21. The molecule has 1 saturated carbocycles. The summed E-state index contributed by atoms with van der Waals surface area (Å²) in [5.74, 6) is -0.0778. The van der Waals surface area contributed by atoms with Crippen molar-refractivity contribution in [1.82, 2.24) is 10.2 Å². The number of hydrogen-bond acceptors (Lipinski definition) is 4. The lowest BCUT2D eigenvalue weighted by atomic mass is 9.88. The Morgan fingerprint density at radius 3 is 2.39 bits per heavy atom. The molecule has 0 bridgehead atoms. The van der Waals surface area contributed by atoms with Crippen LogP contribution in [0.3, 0.4) is 0 Å². The van der Waals surface area contributed by atoms with E-state index in [0.717, 1.165) is 31.7 Å². The van der Waals surface area contributed by atoms with Gasteiger partial charge in [0.25, 0.3) is 0 Å². The van der Waals surface area contributed by atoms with E-state index in [1.165, 1.54) is 31.7 Å². The summed E-state index contributed by atoms with van der Waals surface area (Å²) in [6.07, 6.45) is 4.83. The number of nitrogens with zero attached hydrogens (tertiary/aromatic N) is 1. The molecule has 0 spiro atoms. The van der Waals surface area contributed by atoms with Gasteiger partial charge in [0, 0.05) is 37.8 Å². The monoisotopic (exact) mass is 365 g/mol. The highest BCUT2D eigenvalue weighted by molar-refractivity contribution is 5.85. The molecule has 1 aromatic carbocycles. The van der Waals surface area contributed by atoms with Crippen LogP contribution in [0.25, 0.3) is 0 Å². The second-order valence-corrected chi connectivity index (χ2v) is 6.17. The number of phenols is 1. The third-order valence-electron chi connectivity index (χ3n) is 4.91. The zero-order chi connectivity index (χ0) is 14.8. The first-order valence-corrected chi connectivity index (χ1v) is 7.90. The Kier molecular flexibility index (Phi) is 7.87. The number of nitrogen functional groups attached to an aromatic ring is 1. The molecule has 1 aliphatic carbocycles. The van der Waals surface area contributed by atoms with E-state index in [9.17, 15) is 9.50 Å². The maximum atomic E-state index is 13.5. The fourth-order valence-corrected chi connectivity index (χ4v) is 3.82. The number of nitrogens with one attached hydrogen (secondary N) is 1. The minimum absolute atomic E-state index is 0. The summed E-state index contributed by atoms with van der Waals surface area (Å²) in [7, 11) is 0. The van der Waals surface area contributed by atoms with E-state index < -0.39 is 5.82 Å². The van der Waals surface area contributed by atoms with Crippen LogP contribution < -0.4 is 11.1 Å². The lowest BCUT2D eigenvalue weighted by molar-refractivity contribution is 0.123. The number of piperazine rings is 1. The van der Waals surface area contributed by atoms with Crippen LogP contribution in [0.2, 0.25) is 0 Å². The van der Waals surface area contributed by atoms with E-state index in [1.807, 2.05) is 0 Å². The van der Waals surface area contributed by atoms with Gasteiger partial charge in [-0.05, 0) is 24.8 Å². The van der Waals surface area contributed by atoms with Crippen LogP contribution in [0.4, 0.5) is 10.1 Å². The highest BCUT2D eigenvalue weighted by Crippen LogP contribution is 2.44. The van der Waals surface area contributed by atoms with Gasteiger partial charge in [-0.25, -0.2) is 4.39 Å². The summed E-state index contributed by atoms with van der Waals surface area (Å²) in [4.78, 5) is 2.42. The fourth-order valence-electron chi connectivity index (χ4n) is 3.82. The van der Waals surface area contributed by atoms with Gasteiger partial charge < -0.3 is 16.2 Å². The van der Waals surface area contributed by atoms with Crippen molar-refractivity contribution in [2.45, 2.75) is 31.7 Å². The Morgan fingerprint density at radius 1 is 1.17 bits per heavy atom. The lowest BCUT2D eigenvalue weighted by Gasteiger charge is -2.39. The van der Waals surface area contributed by atoms with Gasteiger partial charge in [-0.3, -0.25) is 4.90 Å². The number of nitrogens with two attached hydrogens (primary N) is 1. The Labute approximate surface area is 149 Å². The molecule has 2 aliphatic rings. The topological polar surface area (TPSA) is 61.5 Å². The number of halogens is 3. The van der Waals surface area contributed by atoms with Crippen LogP contribution in [0.5, 0.6) is 5.75 Å². The van der Waals surface area contributed by atoms with Crippen molar-refractivity contribution >= 4 is 30.5 Å². The number of rotatable bonds is 3. The summed E-state index contributed by atoms with van der Waals surface area (Å²) in [6.45, 7) is 3.83. The molecule has 1 aromatic rings. The number of benzene rings is 1. The van der Waals surface area contributed by atoms with Gasteiger partial charge in [-0.15, -0.1) is 24.8 Å². The molecule has 1 heterocycles. The standard InChI is InChI=1S/C16H24FN3O.2ClH/c17-13-6-5-12(16(21)14(13)18)15(11-3-1-2-4-11)20-9-7-19-8-10-20;;/h5-6,11,15,19,21H,1-4,7-10,18H2;2*1H/t15-;;/m1../s1. The number of hydrogen-bond donors (Lipinski definition) is 3. The summed E-state index contributed by atoms with van der Waals surface area (Å²) >= 11 is 0. The van der Waals surface area contributed by atoms with E-state index in [4.69, 9.17) is 5.73 Å². The Hall–Kier alpha value is -0.750. The maximum Gasteiger partial charge on any atom is 0.149 e. The minimum Gasteiger partial charge on any atom is -0.505 e. The van der Waals surface area contributed by atoms with Gasteiger partial charge in [-0.1, -0.05) is 18.9 Å². The van der Waals surface area contributed by atoms with Crippen molar-refractivity contribution < 1.29 is 9.50 Å². The largest absolute Gasteiger partial charge is 0.505 e. The van der Waals surface area contributed by atoms with Crippen LogP contribution in [0, 0.1) is 11.7 Å². The van der Waals surface area contributed by atoms with Gasteiger partial charge in [0.15, 0.2) is 0 Å². The van der Waals surface area contributed by atoms with Gasteiger partial charge >= 0.3 is 0 Å². The molecular formula is C16H26Cl2FN3O. The van der Waals surface area contributed by atoms with Crippen LogP contribution in [0.1, 0.15) is 37.3 Å². The van der Waals surface area contributed by atoms with Crippen molar-refractivity contribution in [3.63, 3.8) is 0 Å². The molecule has 0 aromatic heterocycles. The summed E-state index contributed by atoms with van der Waals surface area (Å²) < 4.78 is 13.5. The molecule has 2 fully saturated rings. The molecule has 1 saturated heterocycles. The minimum atomic E-state index is -0.540. The molecule has 3 rings (SSSR count). The fraction of sp³-hybridized carbons (Fsp3) is 0.625. The maximum absolute atomic E-state index is 13.5. The zero-order valence-electron chi connectivity index (χ0n) is 13.1. The van der Waals surface area contributed by atoms with E-state index in [0.29, 0.717) is 5.92 Å². The molecule has 23 heavy (non-hydrogen) atoms. The second-order valence-electron chi connectivity index (χ2n) is 6.17. The normalized spacial score (nSPS) is 20.6.